The molecule has 5 nitrogen and oxygen atoms in total. The number of ketones is 1. The van der Waals surface area contributed by atoms with E-state index >= 15 is 0 Å². The largest absolute Gasteiger partial charge is 0.457 e. The second kappa shape index (κ2) is 25.1. The molecule has 0 spiro atoms. The number of esters is 1. The van der Waals surface area contributed by atoms with Crippen molar-refractivity contribution in [2.45, 2.75) is 130 Å². The van der Waals surface area contributed by atoms with E-state index in [0.29, 0.717) is 6.42 Å². The van der Waals surface area contributed by atoms with Gasteiger partial charge in [-0.25, -0.2) is 0 Å². The van der Waals surface area contributed by atoms with Gasteiger partial charge in [-0.05, 0) is 20.3 Å². The Kier molecular flexibility index (Phi) is 26.2. The lowest BCUT2D eigenvalue weighted by molar-refractivity contribution is -0.153. The van der Waals surface area contributed by atoms with Crippen LogP contribution < -0.4 is 0 Å². The first-order valence-electron chi connectivity index (χ1n) is 11.9. The van der Waals surface area contributed by atoms with Crippen LogP contribution in [0, 0.1) is 0 Å². The van der Waals surface area contributed by atoms with Crippen LogP contribution in [0.25, 0.3) is 0 Å². The molecule has 174 valence electrons. The molecule has 0 aromatic rings. The third-order valence-corrected chi connectivity index (χ3v) is 4.69. The molecule has 0 amide bonds. The second-order valence-corrected chi connectivity index (χ2v) is 8.09. The van der Waals surface area contributed by atoms with Gasteiger partial charge in [0.05, 0.1) is 13.2 Å². The maximum Gasteiger partial charge on any atom is 0.306 e. The van der Waals surface area contributed by atoms with Crippen molar-refractivity contribution in [3.8, 4) is 0 Å². The predicted molar refractivity (Wildman–Crippen MR) is 120 cm³/mol. The number of aliphatic hydroxyl groups excluding tert-OH is 2. The summed E-state index contributed by atoms with van der Waals surface area (Å²) < 4.78 is 4.93. The molecule has 0 aliphatic heterocycles. The zero-order valence-electron chi connectivity index (χ0n) is 19.4. The van der Waals surface area contributed by atoms with Crippen LogP contribution in [0.1, 0.15) is 124 Å². The van der Waals surface area contributed by atoms with Gasteiger partial charge in [0.15, 0.2) is 0 Å². The molecule has 0 aromatic carbocycles. The number of ether oxygens (including phenoxy) is 1. The Labute approximate surface area is 179 Å². The maximum absolute atomic E-state index is 11.5. The van der Waals surface area contributed by atoms with Crippen LogP contribution >= 0.6 is 0 Å². The zero-order chi connectivity index (χ0) is 22.2. The van der Waals surface area contributed by atoms with Crippen LogP contribution in [0.4, 0.5) is 0 Å². The molecule has 0 saturated heterocycles. The fraction of sp³-hybridized carbons (Fsp3) is 0.917. The average molecular weight is 417 g/mol. The summed E-state index contributed by atoms with van der Waals surface area (Å²) in [6, 6.07) is 0. The molecule has 0 heterocycles. The van der Waals surface area contributed by atoms with Crippen molar-refractivity contribution >= 4 is 11.8 Å². The number of hydrogen-bond donors (Lipinski definition) is 2. The standard InChI is InChI=1S/C21H42O4.C3H6O/c1-2-3-4-5-6-7-8-9-10-11-12-13-14-15-16-17-21(24)25-20(18-22)19-23;1-3(2)4/h20,22-23H,2-19H2,1H3;1-2H3. The molecule has 0 atom stereocenters. The Morgan fingerprint density at radius 3 is 1.28 bits per heavy atom. The molecule has 0 fully saturated rings. The fourth-order valence-corrected chi connectivity index (χ4v) is 3.02. The van der Waals surface area contributed by atoms with Gasteiger partial charge in [-0.3, -0.25) is 4.79 Å². The summed E-state index contributed by atoms with van der Waals surface area (Å²) in [5.74, 6) is -0.150. The first-order valence-corrected chi connectivity index (χ1v) is 11.9. The second-order valence-electron chi connectivity index (χ2n) is 8.09. The van der Waals surface area contributed by atoms with Gasteiger partial charge >= 0.3 is 5.97 Å². The topological polar surface area (TPSA) is 83.8 Å². The van der Waals surface area contributed by atoms with Gasteiger partial charge < -0.3 is 19.7 Å². The highest BCUT2D eigenvalue weighted by Gasteiger charge is 2.11. The highest BCUT2D eigenvalue weighted by molar-refractivity contribution is 5.72. The Bertz CT molecular complexity index is 349. The highest BCUT2D eigenvalue weighted by Crippen LogP contribution is 2.13. The summed E-state index contributed by atoms with van der Waals surface area (Å²) in [7, 11) is 0. The van der Waals surface area contributed by atoms with Crippen molar-refractivity contribution in [1.29, 1.82) is 0 Å². The Hall–Kier alpha value is -0.940. The number of carbonyl (C=O) groups is 2. The number of hydrogen-bond acceptors (Lipinski definition) is 5. The number of unbranched alkanes of at least 4 members (excludes halogenated alkanes) is 14. The van der Waals surface area contributed by atoms with E-state index in [9.17, 15) is 9.59 Å². The molecule has 29 heavy (non-hydrogen) atoms. The van der Waals surface area contributed by atoms with Crippen molar-refractivity contribution in [2.24, 2.45) is 0 Å². The summed E-state index contributed by atoms with van der Waals surface area (Å²) in [4.78, 5) is 20.9. The van der Waals surface area contributed by atoms with E-state index in [-0.39, 0.29) is 25.0 Å². The van der Waals surface area contributed by atoms with Gasteiger partial charge in [-0.15, -0.1) is 0 Å². The molecular formula is C24H48O5. The Morgan fingerprint density at radius 2 is 0.966 bits per heavy atom. The lowest BCUT2D eigenvalue weighted by Gasteiger charge is -2.12. The van der Waals surface area contributed by atoms with Gasteiger partial charge in [0.1, 0.15) is 11.9 Å². The SMILES string of the molecule is CC(C)=O.CCCCCCCCCCCCCCCCCC(=O)OC(CO)CO. The van der Waals surface area contributed by atoms with Gasteiger partial charge in [0, 0.05) is 6.42 Å². The van der Waals surface area contributed by atoms with Crippen LogP contribution in [-0.2, 0) is 14.3 Å². The van der Waals surface area contributed by atoms with E-state index in [4.69, 9.17) is 14.9 Å². The zero-order valence-corrected chi connectivity index (χ0v) is 19.4. The first kappa shape index (κ1) is 30.3. The van der Waals surface area contributed by atoms with Crippen LogP contribution in [0.3, 0.4) is 0 Å². The molecule has 2 N–H and O–H groups in total. The molecule has 0 aliphatic rings. The Morgan fingerprint density at radius 1 is 0.655 bits per heavy atom. The number of aliphatic hydroxyl groups is 2. The Balaban J connectivity index is 0. The van der Waals surface area contributed by atoms with Gasteiger partial charge in [-0.2, -0.15) is 0 Å². The van der Waals surface area contributed by atoms with E-state index in [1.54, 1.807) is 0 Å². The molecule has 5 heteroatoms. The molecule has 0 aromatic heterocycles. The summed E-state index contributed by atoms with van der Waals surface area (Å²) in [5.41, 5.74) is 0. The molecule has 0 saturated carbocycles. The fourth-order valence-electron chi connectivity index (χ4n) is 3.02. The molecule has 0 unspecified atom stereocenters. The predicted octanol–water partition coefficient (Wildman–Crippen LogP) is 5.74. The van der Waals surface area contributed by atoms with Crippen molar-refractivity contribution in [3.05, 3.63) is 0 Å². The lowest BCUT2D eigenvalue weighted by atomic mass is 10.0. The van der Waals surface area contributed by atoms with Gasteiger partial charge in [0.25, 0.3) is 0 Å². The van der Waals surface area contributed by atoms with Crippen molar-refractivity contribution in [3.63, 3.8) is 0 Å². The number of Topliss-reactive ketones (excluding diaryl/α,β-unsaturated/α-hetero) is 1. The summed E-state index contributed by atoms with van der Waals surface area (Å²) in [5, 5.41) is 17.7. The van der Waals surface area contributed by atoms with Crippen LogP contribution in [0.5, 0.6) is 0 Å². The molecular weight excluding hydrogens is 368 g/mol. The summed E-state index contributed by atoms with van der Waals surface area (Å²) >= 11 is 0. The molecule has 0 rings (SSSR count). The van der Waals surface area contributed by atoms with Crippen molar-refractivity contribution < 1.29 is 24.5 Å². The van der Waals surface area contributed by atoms with Crippen LogP contribution in [-0.4, -0.2) is 41.3 Å². The van der Waals surface area contributed by atoms with Crippen molar-refractivity contribution in [1.82, 2.24) is 0 Å². The van der Waals surface area contributed by atoms with E-state index in [1.807, 2.05) is 0 Å². The van der Waals surface area contributed by atoms with Gasteiger partial charge in [0.2, 0.25) is 0 Å². The van der Waals surface area contributed by atoms with Crippen LogP contribution in [0.15, 0.2) is 0 Å². The van der Waals surface area contributed by atoms with E-state index in [1.165, 1.54) is 97.3 Å². The number of rotatable bonds is 19. The normalized spacial score (nSPS) is 10.6. The molecule has 0 aliphatic carbocycles. The maximum atomic E-state index is 11.5. The highest BCUT2D eigenvalue weighted by atomic mass is 16.6. The van der Waals surface area contributed by atoms with E-state index in [2.05, 4.69) is 6.92 Å². The quantitative estimate of drug-likeness (QED) is 0.207. The third kappa shape index (κ3) is 29.4. The molecule has 0 radical (unpaired) electrons. The lowest BCUT2D eigenvalue weighted by Crippen LogP contribution is -2.25. The third-order valence-electron chi connectivity index (χ3n) is 4.69. The minimum Gasteiger partial charge on any atom is -0.457 e. The summed E-state index contributed by atoms with van der Waals surface area (Å²) in [6.07, 6.45) is 19.1. The monoisotopic (exact) mass is 416 g/mol. The first-order chi connectivity index (χ1) is 14.0. The minimum atomic E-state index is -0.760. The summed E-state index contributed by atoms with van der Waals surface area (Å²) in [6.45, 7) is 4.68. The number of carbonyl (C=O) groups excluding carboxylic acids is 2. The molecule has 0 bridgehead atoms. The van der Waals surface area contributed by atoms with E-state index < -0.39 is 6.10 Å². The minimum absolute atomic E-state index is 0.167. The average Bonchev–Trinajstić information content (AvgIpc) is 2.68. The smallest absolute Gasteiger partial charge is 0.306 e. The van der Waals surface area contributed by atoms with Crippen LogP contribution in [0.2, 0.25) is 0 Å². The van der Waals surface area contributed by atoms with Gasteiger partial charge in [-0.1, -0.05) is 96.8 Å². The van der Waals surface area contributed by atoms with E-state index in [0.717, 1.165) is 12.8 Å². The van der Waals surface area contributed by atoms with Crippen molar-refractivity contribution in [2.75, 3.05) is 13.2 Å².